The molecule has 4 nitrogen and oxygen atoms in total. The van der Waals surface area contributed by atoms with Crippen LogP contribution in [0.3, 0.4) is 0 Å². The maximum absolute atomic E-state index is 11.9. The van der Waals surface area contributed by atoms with Gasteiger partial charge in [0, 0.05) is 16.4 Å². The van der Waals surface area contributed by atoms with Crippen LogP contribution in [-0.4, -0.2) is 15.9 Å². The summed E-state index contributed by atoms with van der Waals surface area (Å²) in [4.78, 5) is 20.3. The van der Waals surface area contributed by atoms with Crippen LogP contribution >= 0.6 is 15.9 Å². The summed E-state index contributed by atoms with van der Waals surface area (Å²) in [7, 11) is 0. The number of nitrogens with zero attached hydrogens (tertiary/aromatic N) is 2. The number of anilines is 1. The average molecular weight is 306 g/mol. The van der Waals surface area contributed by atoms with Crippen LogP contribution in [0.4, 0.5) is 5.69 Å². The molecule has 5 heteroatoms. The molecule has 92 valence electrons. The molecule has 0 aliphatic rings. The van der Waals surface area contributed by atoms with Crippen LogP contribution in [-0.2, 0) is 0 Å². The highest BCUT2D eigenvalue weighted by molar-refractivity contribution is 9.10. The molecule has 2 rings (SSSR count). The van der Waals surface area contributed by atoms with Crippen LogP contribution in [0.5, 0.6) is 0 Å². The fourth-order valence-electron chi connectivity index (χ4n) is 1.52. The van der Waals surface area contributed by atoms with Crippen molar-refractivity contribution in [1.82, 2.24) is 9.97 Å². The first-order valence-electron chi connectivity index (χ1n) is 5.43. The predicted molar refractivity (Wildman–Crippen MR) is 73.6 cm³/mol. The molecule has 1 amide bonds. The lowest BCUT2D eigenvalue weighted by Crippen LogP contribution is -2.14. The van der Waals surface area contributed by atoms with Crippen molar-refractivity contribution in [3.8, 4) is 0 Å². The topological polar surface area (TPSA) is 54.9 Å². The molecule has 0 bridgehead atoms. The summed E-state index contributed by atoms with van der Waals surface area (Å²) in [5.41, 5.74) is 2.79. The third-order valence-corrected chi connectivity index (χ3v) is 2.90. The van der Waals surface area contributed by atoms with Crippen molar-refractivity contribution >= 4 is 27.5 Å². The molecule has 2 aromatic rings. The first-order chi connectivity index (χ1) is 8.56. The summed E-state index contributed by atoms with van der Waals surface area (Å²) in [5.74, 6) is -0.240. The quantitative estimate of drug-likeness (QED) is 0.927. The van der Waals surface area contributed by atoms with Gasteiger partial charge in [-0.25, -0.2) is 4.98 Å². The van der Waals surface area contributed by atoms with Crippen molar-refractivity contribution in [3.05, 3.63) is 52.0 Å². The Bertz CT molecular complexity index is 581. The van der Waals surface area contributed by atoms with E-state index in [4.69, 9.17) is 0 Å². The van der Waals surface area contributed by atoms with Gasteiger partial charge in [-0.05, 0) is 54.0 Å². The molecule has 0 saturated heterocycles. The van der Waals surface area contributed by atoms with Gasteiger partial charge in [0.2, 0.25) is 0 Å². The van der Waals surface area contributed by atoms with Crippen molar-refractivity contribution in [2.75, 3.05) is 5.32 Å². The first-order valence-corrected chi connectivity index (χ1v) is 6.23. The molecule has 0 unspecified atom stereocenters. The molecule has 0 aromatic carbocycles. The van der Waals surface area contributed by atoms with Crippen LogP contribution in [0.25, 0.3) is 0 Å². The number of halogens is 1. The lowest BCUT2D eigenvalue weighted by Gasteiger charge is -2.07. The van der Waals surface area contributed by atoms with E-state index in [9.17, 15) is 4.79 Å². The van der Waals surface area contributed by atoms with Gasteiger partial charge in [0.05, 0.1) is 11.4 Å². The summed E-state index contributed by atoms with van der Waals surface area (Å²) < 4.78 is 0.840. The summed E-state index contributed by atoms with van der Waals surface area (Å²) in [6.45, 7) is 3.77. The SMILES string of the molecule is Cc1ccc(NC(=O)c2ccc(Br)cn2)c(C)n1. The van der Waals surface area contributed by atoms with Crippen LogP contribution in [0.15, 0.2) is 34.9 Å². The molecule has 0 radical (unpaired) electrons. The lowest BCUT2D eigenvalue weighted by atomic mass is 10.2. The Morgan fingerprint density at radius 3 is 2.61 bits per heavy atom. The van der Waals surface area contributed by atoms with E-state index < -0.39 is 0 Å². The Labute approximate surface area is 114 Å². The minimum atomic E-state index is -0.240. The average Bonchev–Trinajstić information content (AvgIpc) is 2.33. The molecular weight excluding hydrogens is 294 g/mol. The Morgan fingerprint density at radius 1 is 1.22 bits per heavy atom. The predicted octanol–water partition coefficient (Wildman–Crippen LogP) is 3.11. The minimum absolute atomic E-state index is 0.240. The zero-order valence-corrected chi connectivity index (χ0v) is 11.7. The third-order valence-electron chi connectivity index (χ3n) is 2.43. The van der Waals surface area contributed by atoms with Crippen molar-refractivity contribution < 1.29 is 4.79 Å². The standard InChI is InChI=1S/C13H12BrN3O/c1-8-3-5-11(9(2)16-8)17-13(18)12-6-4-10(14)7-15-12/h3-7H,1-2H3,(H,17,18). The monoisotopic (exact) mass is 305 g/mol. The Morgan fingerprint density at radius 2 is 2.00 bits per heavy atom. The summed E-state index contributed by atoms with van der Waals surface area (Å²) >= 11 is 3.28. The fraction of sp³-hybridized carbons (Fsp3) is 0.154. The Kier molecular flexibility index (Phi) is 3.72. The molecule has 0 fully saturated rings. The van der Waals surface area contributed by atoms with Crippen molar-refractivity contribution in [2.45, 2.75) is 13.8 Å². The van der Waals surface area contributed by atoms with Gasteiger partial charge in [0.25, 0.3) is 5.91 Å². The number of rotatable bonds is 2. The second kappa shape index (κ2) is 5.27. The van der Waals surface area contributed by atoms with E-state index in [1.807, 2.05) is 26.0 Å². The van der Waals surface area contributed by atoms with Crippen molar-refractivity contribution in [1.29, 1.82) is 0 Å². The van der Waals surface area contributed by atoms with Gasteiger partial charge in [-0.15, -0.1) is 0 Å². The van der Waals surface area contributed by atoms with Gasteiger partial charge >= 0.3 is 0 Å². The number of aryl methyl sites for hydroxylation is 2. The van der Waals surface area contributed by atoms with Gasteiger partial charge in [-0.3, -0.25) is 9.78 Å². The molecule has 0 aliphatic carbocycles. The normalized spacial score (nSPS) is 10.2. The van der Waals surface area contributed by atoms with Gasteiger partial charge in [-0.2, -0.15) is 0 Å². The molecule has 0 atom stereocenters. The van der Waals surface area contributed by atoms with Crippen LogP contribution in [0.1, 0.15) is 21.9 Å². The smallest absolute Gasteiger partial charge is 0.274 e. The lowest BCUT2D eigenvalue weighted by molar-refractivity contribution is 0.102. The number of hydrogen-bond acceptors (Lipinski definition) is 3. The molecule has 2 heterocycles. The number of carbonyl (C=O) groups is 1. The zero-order chi connectivity index (χ0) is 13.1. The second-order valence-electron chi connectivity index (χ2n) is 3.90. The summed E-state index contributed by atoms with van der Waals surface area (Å²) in [6, 6.07) is 7.14. The van der Waals surface area contributed by atoms with E-state index in [1.54, 1.807) is 18.3 Å². The molecule has 0 saturated carbocycles. The van der Waals surface area contributed by atoms with E-state index in [-0.39, 0.29) is 5.91 Å². The molecule has 18 heavy (non-hydrogen) atoms. The van der Waals surface area contributed by atoms with Crippen LogP contribution < -0.4 is 5.32 Å². The number of carbonyl (C=O) groups excluding carboxylic acids is 1. The number of amides is 1. The molecular formula is C13H12BrN3O. The van der Waals surface area contributed by atoms with E-state index in [1.165, 1.54) is 0 Å². The van der Waals surface area contributed by atoms with E-state index in [0.29, 0.717) is 11.4 Å². The van der Waals surface area contributed by atoms with Crippen LogP contribution in [0.2, 0.25) is 0 Å². The summed E-state index contributed by atoms with van der Waals surface area (Å²) in [5, 5.41) is 2.79. The maximum Gasteiger partial charge on any atom is 0.274 e. The van der Waals surface area contributed by atoms with Crippen molar-refractivity contribution in [2.24, 2.45) is 0 Å². The number of pyridine rings is 2. The Balaban J connectivity index is 2.18. The van der Waals surface area contributed by atoms with Gasteiger partial charge in [-0.1, -0.05) is 0 Å². The van der Waals surface area contributed by atoms with Crippen LogP contribution in [0, 0.1) is 13.8 Å². The number of aromatic nitrogens is 2. The van der Waals surface area contributed by atoms with Crippen molar-refractivity contribution in [3.63, 3.8) is 0 Å². The van der Waals surface area contributed by atoms with E-state index in [2.05, 4.69) is 31.2 Å². The third kappa shape index (κ3) is 2.92. The molecule has 0 aliphatic heterocycles. The summed E-state index contributed by atoms with van der Waals surface area (Å²) in [6.07, 6.45) is 1.59. The second-order valence-corrected chi connectivity index (χ2v) is 4.82. The number of hydrogen-bond donors (Lipinski definition) is 1. The van der Waals surface area contributed by atoms with Gasteiger partial charge < -0.3 is 5.32 Å². The zero-order valence-electron chi connectivity index (χ0n) is 10.1. The highest BCUT2D eigenvalue weighted by Crippen LogP contribution is 2.14. The highest BCUT2D eigenvalue weighted by atomic mass is 79.9. The Hall–Kier alpha value is -1.75. The largest absolute Gasteiger partial charge is 0.319 e. The first kappa shape index (κ1) is 12.7. The molecule has 1 N–H and O–H groups in total. The minimum Gasteiger partial charge on any atom is -0.319 e. The van der Waals surface area contributed by atoms with E-state index in [0.717, 1.165) is 15.9 Å². The van der Waals surface area contributed by atoms with E-state index >= 15 is 0 Å². The number of nitrogens with one attached hydrogen (secondary N) is 1. The maximum atomic E-state index is 11.9. The molecule has 2 aromatic heterocycles. The van der Waals surface area contributed by atoms with Gasteiger partial charge in [0.15, 0.2) is 0 Å². The van der Waals surface area contributed by atoms with Gasteiger partial charge in [0.1, 0.15) is 5.69 Å². The fourth-order valence-corrected chi connectivity index (χ4v) is 1.75. The molecule has 0 spiro atoms. The highest BCUT2D eigenvalue weighted by Gasteiger charge is 2.09.